The highest BCUT2D eigenvalue weighted by Gasteiger charge is 2.28. The Balaban J connectivity index is 1.14. The van der Waals surface area contributed by atoms with Gasteiger partial charge in [-0.3, -0.25) is 0 Å². The molecule has 0 spiro atoms. The molecule has 0 bridgehead atoms. The smallest absolute Gasteiger partial charge is 0.407 e. The molecule has 0 aromatic heterocycles. The highest BCUT2D eigenvalue weighted by molar-refractivity contribution is 5.79. The molecule has 2 aromatic rings. The van der Waals surface area contributed by atoms with Crippen molar-refractivity contribution < 1.29 is 28.5 Å². The molecule has 1 amide bonds. The Morgan fingerprint density at radius 3 is 1.81 bits per heavy atom. The first-order valence-corrected chi connectivity index (χ1v) is 12.7. The standard InChI is InChI=1S/C28H40N2O6/c1-30(2)13-15-33-17-19-35-21-20-34-18-16-32-14-7-12-29-28(31)36-22-27-25-10-5-3-8-23(25)24-9-4-6-11-26(24)27/h3-6,8-11,27H,7,12-22H2,1-2H3,(H,29,31). The van der Waals surface area contributed by atoms with Gasteiger partial charge in [0, 0.05) is 25.6 Å². The molecule has 1 N–H and O–H groups in total. The Labute approximate surface area is 214 Å². The van der Waals surface area contributed by atoms with Crippen LogP contribution >= 0.6 is 0 Å². The first-order chi connectivity index (χ1) is 17.7. The van der Waals surface area contributed by atoms with Gasteiger partial charge < -0.3 is 33.9 Å². The van der Waals surface area contributed by atoms with E-state index in [0.717, 1.165) is 6.54 Å². The van der Waals surface area contributed by atoms with Gasteiger partial charge in [-0.1, -0.05) is 48.5 Å². The molecule has 3 rings (SSSR count). The van der Waals surface area contributed by atoms with E-state index in [1.165, 1.54) is 22.3 Å². The number of rotatable bonds is 18. The predicted molar refractivity (Wildman–Crippen MR) is 140 cm³/mol. The third kappa shape index (κ3) is 9.52. The lowest BCUT2D eigenvalue weighted by molar-refractivity contribution is -0.00308. The zero-order valence-corrected chi connectivity index (χ0v) is 21.6. The van der Waals surface area contributed by atoms with Gasteiger partial charge in [0.2, 0.25) is 0 Å². The summed E-state index contributed by atoms with van der Waals surface area (Å²) in [4.78, 5) is 14.3. The van der Waals surface area contributed by atoms with Crippen molar-refractivity contribution in [2.24, 2.45) is 0 Å². The molecule has 0 unspecified atom stereocenters. The molecule has 0 atom stereocenters. The van der Waals surface area contributed by atoms with Gasteiger partial charge in [-0.2, -0.15) is 0 Å². The second-order valence-corrected chi connectivity index (χ2v) is 8.86. The molecule has 0 radical (unpaired) electrons. The molecule has 0 heterocycles. The zero-order valence-electron chi connectivity index (χ0n) is 21.6. The average Bonchev–Trinajstić information content (AvgIpc) is 3.20. The zero-order chi connectivity index (χ0) is 25.4. The number of amides is 1. The summed E-state index contributed by atoms with van der Waals surface area (Å²) in [6, 6.07) is 16.6. The molecule has 0 saturated heterocycles. The van der Waals surface area contributed by atoms with Crippen LogP contribution in [0.15, 0.2) is 48.5 Å². The fourth-order valence-corrected chi connectivity index (χ4v) is 4.02. The van der Waals surface area contributed by atoms with Crippen LogP contribution in [0.25, 0.3) is 11.1 Å². The van der Waals surface area contributed by atoms with Crippen molar-refractivity contribution in [3.8, 4) is 11.1 Å². The van der Waals surface area contributed by atoms with E-state index in [-0.39, 0.29) is 5.92 Å². The molecule has 1 aliphatic rings. The second-order valence-electron chi connectivity index (χ2n) is 8.86. The normalized spacial score (nSPS) is 12.5. The molecule has 36 heavy (non-hydrogen) atoms. The van der Waals surface area contributed by atoms with Crippen molar-refractivity contribution >= 4 is 6.09 Å². The van der Waals surface area contributed by atoms with E-state index in [1.54, 1.807) is 0 Å². The summed E-state index contributed by atoms with van der Waals surface area (Å²) in [5.74, 6) is 0.0679. The van der Waals surface area contributed by atoms with Crippen LogP contribution in [0.3, 0.4) is 0 Å². The topological polar surface area (TPSA) is 78.5 Å². The number of alkyl carbamates (subject to hydrolysis) is 1. The van der Waals surface area contributed by atoms with Crippen LogP contribution in [-0.4, -0.2) is 97.6 Å². The van der Waals surface area contributed by atoms with Gasteiger partial charge >= 0.3 is 6.09 Å². The van der Waals surface area contributed by atoms with E-state index in [0.29, 0.717) is 72.4 Å². The maximum absolute atomic E-state index is 12.2. The molecule has 0 fully saturated rings. The highest BCUT2D eigenvalue weighted by Crippen LogP contribution is 2.44. The highest BCUT2D eigenvalue weighted by atomic mass is 16.6. The number of likely N-dealkylation sites (N-methyl/N-ethyl adjacent to an activating group) is 1. The van der Waals surface area contributed by atoms with E-state index in [1.807, 2.05) is 38.4 Å². The SMILES string of the molecule is CN(C)CCOCCOCCOCCOCCCNC(=O)OCC1c2ccccc2-c2ccccc21. The Kier molecular flexibility index (Phi) is 12.7. The number of nitrogens with zero attached hydrogens (tertiary/aromatic N) is 1. The fourth-order valence-electron chi connectivity index (χ4n) is 4.02. The molecule has 0 saturated carbocycles. The maximum atomic E-state index is 12.2. The predicted octanol–water partition coefficient (Wildman–Crippen LogP) is 3.54. The fraction of sp³-hybridized carbons (Fsp3) is 0.536. The Morgan fingerprint density at radius 1 is 0.750 bits per heavy atom. The van der Waals surface area contributed by atoms with Gasteiger partial charge in [0.1, 0.15) is 6.61 Å². The molecular formula is C28H40N2O6. The van der Waals surface area contributed by atoms with E-state index in [4.69, 9.17) is 23.7 Å². The van der Waals surface area contributed by atoms with Crippen LogP contribution in [-0.2, 0) is 23.7 Å². The van der Waals surface area contributed by atoms with Gasteiger partial charge in [-0.05, 0) is 42.8 Å². The number of carbonyl (C=O) groups is 1. The number of hydrogen-bond donors (Lipinski definition) is 1. The van der Waals surface area contributed by atoms with E-state index >= 15 is 0 Å². The molecular weight excluding hydrogens is 460 g/mol. The van der Waals surface area contributed by atoms with Crippen LogP contribution < -0.4 is 5.32 Å². The quantitative estimate of drug-likeness (QED) is 0.314. The summed E-state index contributed by atoms with van der Waals surface area (Å²) in [6.07, 6.45) is 0.310. The van der Waals surface area contributed by atoms with Crippen LogP contribution in [0.4, 0.5) is 4.79 Å². The van der Waals surface area contributed by atoms with E-state index in [9.17, 15) is 4.79 Å². The Hall–Kier alpha value is -2.49. The summed E-state index contributed by atoms with van der Waals surface area (Å²) in [5.41, 5.74) is 4.85. The largest absolute Gasteiger partial charge is 0.449 e. The van der Waals surface area contributed by atoms with Crippen LogP contribution in [0.5, 0.6) is 0 Å². The Morgan fingerprint density at radius 2 is 1.25 bits per heavy atom. The van der Waals surface area contributed by atoms with Crippen molar-refractivity contribution in [2.45, 2.75) is 12.3 Å². The summed E-state index contributed by atoms with van der Waals surface area (Å²) in [7, 11) is 4.04. The van der Waals surface area contributed by atoms with Crippen molar-refractivity contribution in [3.63, 3.8) is 0 Å². The lowest BCUT2D eigenvalue weighted by Gasteiger charge is -2.14. The average molecular weight is 501 g/mol. The number of fused-ring (bicyclic) bond motifs is 3. The third-order valence-electron chi connectivity index (χ3n) is 5.88. The lowest BCUT2D eigenvalue weighted by Crippen LogP contribution is -2.27. The van der Waals surface area contributed by atoms with Crippen LogP contribution in [0, 0.1) is 0 Å². The van der Waals surface area contributed by atoms with Crippen molar-refractivity contribution in [1.29, 1.82) is 0 Å². The summed E-state index contributed by atoms with van der Waals surface area (Å²) in [6.45, 7) is 6.27. The van der Waals surface area contributed by atoms with E-state index < -0.39 is 6.09 Å². The Bertz CT molecular complexity index is 862. The van der Waals surface area contributed by atoms with Gasteiger partial charge in [-0.25, -0.2) is 4.79 Å². The van der Waals surface area contributed by atoms with Crippen molar-refractivity contribution in [3.05, 3.63) is 59.7 Å². The summed E-state index contributed by atoms with van der Waals surface area (Å²) < 4.78 is 27.5. The van der Waals surface area contributed by atoms with Crippen molar-refractivity contribution in [1.82, 2.24) is 10.2 Å². The molecule has 2 aromatic carbocycles. The molecule has 8 heteroatoms. The number of carbonyl (C=O) groups excluding carboxylic acids is 1. The summed E-state index contributed by atoms with van der Waals surface area (Å²) in [5, 5.41) is 2.80. The lowest BCUT2D eigenvalue weighted by atomic mass is 9.98. The monoisotopic (exact) mass is 500 g/mol. The summed E-state index contributed by atoms with van der Waals surface area (Å²) >= 11 is 0. The number of benzene rings is 2. The van der Waals surface area contributed by atoms with E-state index in [2.05, 4.69) is 34.5 Å². The minimum absolute atomic E-state index is 0.0679. The molecule has 1 aliphatic carbocycles. The number of nitrogens with one attached hydrogen (secondary N) is 1. The minimum atomic E-state index is -0.400. The van der Waals surface area contributed by atoms with Crippen molar-refractivity contribution in [2.75, 3.05) is 86.6 Å². The molecule has 0 aliphatic heterocycles. The molecule has 198 valence electrons. The number of hydrogen-bond acceptors (Lipinski definition) is 7. The second kappa shape index (κ2) is 16.3. The van der Waals surface area contributed by atoms with Gasteiger partial charge in [0.05, 0.1) is 46.2 Å². The maximum Gasteiger partial charge on any atom is 0.407 e. The van der Waals surface area contributed by atoms with Gasteiger partial charge in [-0.15, -0.1) is 0 Å². The minimum Gasteiger partial charge on any atom is -0.449 e. The van der Waals surface area contributed by atoms with Crippen LogP contribution in [0.2, 0.25) is 0 Å². The molecule has 8 nitrogen and oxygen atoms in total. The van der Waals surface area contributed by atoms with Crippen LogP contribution in [0.1, 0.15) is 23.5 Å². The first kappa shape index (κ1) is 28.1. The third-order valence-corrected chi connectivity index (χ3v) is 5.88. The van der Waals surface area contributed by atoms with Gasteiger partial charge in [0.25, 0.3) is 0 Å². The number of ether oxygens (including phenoxy) is 5. The first-order valence-electron chi connectivity index (χ1n) is 12.7. The van der Waals surface area contributed by atoms with Gasteiger partial charge in [0.15, 0.2) is 0 Å².